The number of hydrogen-bond acceptors (Lipinski definition) is 5. The molecule has 9 heteroatoms. The molecule has 0 atom stereocenters. The van der Waals surface area contributed by atoms with E-state index >= 15 is 0 Å². The van der Waals surface area contributed by atoms with E-state index in [0.717, 1.165) is 34.5 Å². The summed E-state index contributed by atoms with van der Waals surface area (Å²) in [5.74, 6) is 0.171. The fourth-order valence-corrected chi connectivity index (χ4v) is 4.45. The summed E-state index contributed by atoms with van der Waals surface area (Å²) in [6, 6.07) is 22.4. The van der Waals surface area contributed by atoms with Crippen molar-refractivity contribution in [2.24, 2.45) is 0 Å². The number of amides is 2. The number of nitrogens with one attached hydrogen (secondary N) is 2. The van der Waals surface area contributed by atoms with Gasteiger partial charge in [0, 0.05) is 47.6 Å². The molecule has 0 aliphatic carbocycles. The van der Waals surface area contributed by atoms with Gasteiger partial charge in [0.15, 0.2) is 5.11 Å². The number of benzene rings is 3. The molecule has 1 heterocycles. The monoisotopic (exact) mass is 552 g/mol. The van der Waals surface area contributed by atoms with Gasteiger partial charge in [0.2, 0.25) is 0 Å². The third-order valence-corrected chi connectivity index (χ3v) is 6.41. The Morgan fingerprint density at radius 3 is 2.29 bits per heavy atom. The van der Waals surface area contributed by atoms with Crippen LogP contribution in [0.3, 0.4) is 0 Å². The maximum atomic E-state index is 12.7. The molecule has 4 rings (SSSR count). The van der Waals surface area contributed by atoms with Crippen LogP contribution >= 0.6 is 28.1 Å². The van der Waals surface area contributed by atoms with Gasteiger partial charge in [-0.25, -0.2) is 0 Å². The SMILES string of the molecule is COc1ccc(Br)cc1C(=O)NC(=S)Nc1ccc(N2CCN(C(=O)c3ccccc3)CC2)cc1. The van der Waals surface area contributed by atoms with Gasteiger partial charge in [0.05, 0.1) is 12.7 Å². The lowest BCUT2D eigenvalue weighted by Crippen LogP contribution is -2.48. The van der Waals surface area contributed by atoms with Crippen molar-refractivity contribution in [2.75, 3.05) is 43.5 Å². The van der Waals surface area contributed by atoms with Crippen LogP contribution in [0.25, 0.3) is 0 Å². The fraction of sp³-hybridized carbons (Fsp3) is 0.192. The first-order valence-corrected chi connectivity index (χ1v) is 12.3. The number of methoxy groups -OCH3 is 1. The molecule has 180 valence electrons. The van der Waals surface area contributed by atoms with Gasteiger partial charge in [0.25, 0.3) is 11.8 Å². The second-order valence-electron chi connectivity index (χ2n) is 7.95. The summed E-state index contributed by atoms with van der Waals surface area (Å²) in [6.45, 7) is 2.86. The molecule has 3 aromatic carbocycles. The smallest absolute Gasteiger partial charge is 0.261 e. The predicted octanol–water partition coefficient (Wildman–Crippen LogP) is 4.55. The molecular weight excluding hydrogens is 528 g/mol. The number of carbonyl (C=O) groups excluding carboxylic acids is 2. The van der Waals surface area contributed by atoms with Crippen molar-refractivity contribution in [3.63, 3.8) is 0 Å². The standard InChI is InChI=1S/C26H25BrN4O3S/c1-34-23-12-7-19(27)17-22(23)24(32)29-26(35)28-20-8-10-21(11-9-20)30-13-15-31(16-14-30)25(33)18-5-3-2-4-6-18/h2-12,17H,13-16H2,1H3,(H2,28,29,32,35). The van der Waals surface area contributed by atoms with Crippen molar-refractivity contribution >= 4 is 56.4 Å². The van der Waals surface area contributed by atoms with Crippen LogP contribution in [-0.4, -0.2) is 55.1 Å². The minimum absolute atomic E-state index is 0.0702. The number of thiocarbonyl (C=S) groups is 1. The lowest BCUT2D eigenvalue weighted by Gasteiger charge is -2.36. The van der Waals surface area contributed by atoms with Gasteiger partial charge in [-0.05, 0) is 66.8 Å². The highest BCUT2D eigenvalue weighted by Crippen LogP contribution is 2.23. The van der Waals surface area contributed by atoms with E-state index < -0.39 is 0 Å². The second-order valence-corrected chi connectivity index (χ2v) is 9.27. The number of anilines is 2. The Morgan fingerprint density at radius 2 is 1.63 bits per heavy atom. The van der Waals surface area contributed by atoms with Gasteiger partial charge in [-0.15, -0.1) is 0 Å². The maximum absolute atomic E-state index is 12.7. The lowest BCUT2D eigenvalue weighted by atomic mass is 10.1. The summed E-state index contributed by atoms with van der Waals surface area (Å²) in [5, 5.41) is 5.92. The van der Waals surface area contributed by atoms with Crippen LogP contribution < -0.4 is 20.3 Å². The first kappa shape index (κ1) is 24.7. The number of carbonyl (C=O) groups is 2. The van der Waals surface area contributed by atoms with E-state index in [1.165, 1.54) is 7.11 Å². The summed E-state index contributed by atoms with van der Waals surface area (Å²) in [6.07, 6.45) is 0. The summed E-state index contributed by atoms with van der Waals surface area (Å²) in [7, 11) is 1.51. The zero-order chi connectivity index (χ0) is 24.8. The van der Waals surface area contributed by atoms with E-state index in [4.69, 9.17) is 17.0 Å². The molecule has 0 spiro atoms. The molecule has 0 radical (unpaired) electrons. The highest BCUT2D eigenvalue weighted by molar-refractivity contribution is 9.10. The third-order valence-electron chi connectivity index (χ3n) is 5.71. The summed E-state index contributed by atoms with van der Waals surface area (Å²) < 4.78 is 6.03. The van der Waals surface area contributed by atoms with Gasteiger partial charge in [-0.2, -0.15) is 0 Å². The molecule has 2 amide bonds. The normalized spacial score (nSPS) is 13.2. The number of piperazine rings is 1. The van der Waals surface area contributed by atoms with Crippen molar-refractivity contribution in [3.05, 3.63) is 88.4 Å². The van der Waals surface area contributed by atoms with Crippen LogP contribution in [0.15, 0.2) is 77.3 Å². The van der Waals surface area contributed by atoms with Crippen LogP contribution in [0.4, 0.5) is 11.4 Å². The Bertz CT molecular complexity index is 1210. The van der Waals surface area contributed by atoms with Crippen molar-refractivity contribution in [3.8, 4) is 5.75 Å². The highest BCUT2D eigenvalue weighted by Gasteiger charge is 2.22. The molecule has 0 unspecified atom stereocenters. The van der Waals surface area contributed by atoms with Gasteiger partial charge >= 0.3 is 0 Å². The fourth-order valence-electron chi connectivity index (χ4n) is 3.88. The Hall–Kier alpha value is -3.43. The average molecular weight is 553 g/mol. The Labute approximate surface area is 218 Å². The predicted molar refractivity (Wildman–Crippen MR) is 145 cm³/mol. The minimum atomic E-state index is -0.361. The third kappa shape index (κ3) is 6.17. The molecule has 0 aromatic heterocycles. The molecule has 1 aliphatic rings. The van der Waals surface area contributed by atoms with E-state index in [9.17, 15) is 9.59 Å². The number of halogens is 1. The second kappa shape index (κ2) is 11.3. The van der Waals surface area contributed by atoms with E-state index in [-0.39, 0.29) is 16.9 Å². The average Bonchev–Trinajstić information content (AvgIpc) is 2.89. The van der Waals surface area contributed by atoms with Crippen LogP contribution in [0.1, 0.15) is 20.7 Å². The molecular formula is C26H25BrN4O3S. The Kier molecular flexibility index (Phi) is 7.99. The quantitative estimate of drug-likeness (QED) is 0.452. The first-order valence-electron chi connectivity index (χ1n) is 11.1. The van der Waals surface area contributed by atoms with Gasteiger partial charge < -0.3 is 19.9 Å². The molecule has 2 N–H and O–H groups in total. The van der Waals surface area contributed by atoms with E-state index in [1.54, 1.807) is 18.2 Å². The largest absolute Gasteiger partial charge is 0.496 e. The van der Waals surface area contributed by atoms with Crippen molar-refractivity contribution in [2.45, 2.75) is 0 Å². The van der Waals surface area contributed by atoms with Crippen molar-refractivity contribution in [1.82, 2.24) is 10.2 Å². The van der Waals surface area contributed by atoms with Gasteiger partial charge in [-0.3, -0.25) is 14.9 Å². The zero-order valence-corrected chi connectivity index (χ0v) is 21.6. The molecule has 1 aliphatic heterocycles. The molecule has 1 fully saturated rings. The lowest BCUT2D eigenvalue weighted by molar-refractivity contribution is 0.0746. The van der Waals surface area contributed by atoms with Crippen LogP contribution in [0.5, 0.6) is 5.75 Å². The molecule has 0 saturated carbocycles. The maximum Gasteiger partial charge on any atom is 0.261 e. The van der Waals surface area contributed by atoms with Gasteiger partial charge in [-0.1, -0.05) is 34.1 Å². The number of rotatable bonds is 5. The summed E-state index contributed by atoms with van der Waals surface area (Å²) in [4.78, 5) is 29.4. The van der Waals surface area contributed by atoms with Crippen LogP contribution in [0.2, 0.25) is 0 Å². The topological polar surface area (TPSA) is 73.9 Å². The van der Waals surface area contributed by atoms with Crippen LogP contribution in [-0.2, 0) is 0 Å². The van der Waals surface area contributed by atoms with Crippen molar-refractivity contribution in [1.29, 1.82) is 0 Å². The van der Waals surface area contributed by atoms with E-state index in [0.29, 0.717) is 24.4 Å². The molecule has 35 heavy (non-hydrogen) atoms. The molecule has 0 bridgehead atoms. The Balaban J connectivity index is 1.30. The summed E-state index contributed by atoms with van der Waals surface area (Å²) >= 11 is 8.68. The highest BCUT2D eigenvalue weighted by atomic mass is 79.9. The number of nitrogens with zero attached hydrogens (tertiary/aromatic N) is 2. The minimum Gasteiger partial charge on any atom is -0.496 e. The molecule has 7 nitrogen and oxygen atoms in total. The first-order chi connectivity index (χ1) is 16.9. The zero-order valence-electron chi connectivity index (χ0n) is 19.2. The summed E-state index contributed by atoms with van der Waals surface area (Å²) in [5.41, 5.74) is 2.93. The van der Waals surface area contributed by atoms with Gasteiger partial charge in [0.1, 0.15) is 5.75 Å². The van der Waals surface area contributed by atoms with E-state index in [1.807, 2.05) is 59.5 Å². The van der Waals surface area contributed by atoms with Crippen molar-refractivity contribution < 1.29 is 14.3 Å². The molecule has 3 aromatic rings. The molecule has 1 saturated heterocycles. The number of hydrogen-bond donors (Lipinski definition) is 2. The Morgan fingerprint density at radius 1 is 0.943 bits per heavy atom. The number of ether oxygens (including phenoxy) is 1. The van der Waals surface area contributed by atoms with Crippen LogP contribution in [0, 0.1) is 0 Å². The van der Waals surface area contributed by atoms with E-state index in [2.05, 4.69) is 31.5 Å².